The molecule has 1 aliphatic heterocycles. The molecule has 1 saturated heterocycles. The zero-order valence-electron chi connectivity index (χ0n) is 11.0. The number of nitrogens with one attached hydrogen (secondary N) is 2. The monoisotopic (exact) mass is 256 g/mol. The second-order valence-electron chi connectivity index (χ2n) is 5.07. The average molecular weight is 256 g/mol. The number of hydrogen-bond acceptors (Lipinski definition) is 3. The summed E-state index contributed by atoms with van der Waals surface area (Å²) in [5, 5.41) is 7.16. The third kappa shape index (κ3) is 3.06. The number of hydrogen-bond donors (Lipinski definition) is 2. The minimum atomic E-state index is 0.140. The molecule has 3 rings (SSSR count). The number of furan rings is 1. The Bertz CT molecular complexity index is 475. The highest BCUT2D eigenvalue weighted by atomic mass is 16.3. The second-order valence-corrected chi connectivity index (χ2v) is 5.07. The van der Waals surface area contributed by atoms with Crippen molar-refractivity contribution in [3.63, 3.8) is 0 Å². The standard InChI is InChI=1S/C16H20N2O/c1-2-6-13(7-3-1)16(15-9-5-11-19-15)18-14-8-4-10-17-12-14/h1-3,5-7,9,11,14,16-18H,4,8,10,12H2. The molecule has 2 N–H and O–H groups in total. The SMILES string of the molecule is c1ccc(C(NC2CCCNC2)c2ccco2)cc1. The van der Waals surface area contributed by atoms with Crippen molar-refractivity contribution < 1.29 is 4.42 Å². The molecule has 100 valence electrons. The maximum atomic E-state index is 5.61. The van der Waals surface area contributed by atoms with Crippen molar-refractivity contribution in [1.82, 2.24) is 10.6 Å². The van der Waals surface area contributed by atoms with Gasteiger partial charge in [0.15, 0.2) is 0 Å². The van der Waals surface area contributed by atoms with Gasteiger partial charge in [0.05, 0.1) is 12.3 Å². The first-order chi connectivity index (χ1) is 9.43. The normalized spacial score (nSPS) is 21.2. The van der Waals surface area contributed by atoms with Crippen LogP contribution in [0.15, 0.2) is 53.1 Å². The number of rotatable bonds is 4. The van der Waals surface area contributed by atoms with Crippen LogP contribution in [0.1, 0.15) is 30.2 Å². The zero-order valence-corrected chi connectivity index (χ0v) is 11.0. The van der Waals surface area contributed by atoms with Gasteiger partial charge in [-0.15, -0.1) is 0 Å². The van der Waals surface area contributed by atoms with Crippen molar-refractivity contribution in [3.05, 3.63) is 60.1 Å². The Hall–Kier alpha value is -1.58. The lowest BCUT2D eigenvalue weighted by molar-refractivity contribution is 0.346. The quantitative estimate of drug-likeness (QED) is 0.883. The fraction of sp³-hybridized carbons (Fsp3) is 0.375. The molecular weight excluding hydrogens is 236 g/mol. The van der Waals surface area contributed by atoms with E-state index in [1.54, 1.807) is 6.26 Å². The Labute approximate surface area is 114 Å². The summed E-state index contributed by atoms with van der Waals surface area (Å²) in [4.78, 5) is 0. The molecule has 2 atom stereocenters. The number of benzene rings is 1. The van der Waals surface area contributed by atoms with Gasteiger partial charge in [0, 0.05) is 12.6 Å². The molecule has 0 spiro atoms. The lowest BCUT2D eigenvalue weighted by Gasteiger charge is -2.28. The molecule has 1 aromatic heterocycles. The number of piperidine rings is 1. The molecule has 19 heavy (non-hydrogen) atoms. The van der Waals surface area contributed by atoms with Gasteiger partial charge in [0.1, 0.15) is 5.76 Å². The third-order valence-electron chi connectivity index (χ3n) is 3.66. The van der Waals surface area contributed by atoms with E-state index in [0.29, 0.717) is 6.04 Å². The van der Waals surface area contributed by atoms with E-state index in [1.807, 2.05) is 18.2 Å². The van der Waals surface area contributed by atoms with E-state index in [-0.39, 0.29) is 6.04 Å². The van der Waals surface area contributed by atoms with Crippen LogP contribution in [0.25, 0.3) is 0 Å². The van der Waals surface area contributed by atoms with Gasteiger partial charge in [-0.1, -0.05) is 30.3 Å². The molecule has 3 heteroatoms. The van der Waals surface area contributed by atoms with Crippen molar-refractivity contribution in [2.45, 2.75) is 24.9 Å². The van der Waals surface area contributed by atoms with Crippen LogP contribution in [0, 0.1) is 0 Å². The van der Waals surface area contributed by atoms with Crippen LogP contribution in [0.4, 0.5) is 0 Å². The fourth-order valence-corrected chi connectivity index (χ4v) is 2.67. The van der Waals surface area contributed by atoms with Crippen molar-refractivity contribution in [3.8, 4) is 0 Å². The topological polar surface area (TPSA) is 37.2 Å². The first kappa shape index (κ1) is 12.5. The van der Waals surface area contributed by atoms with Crippen LogP contribution in [0.2, 0.25) is 0 Å². The van der Waals surface area contributed by atoms with Crippen LogP contribution < -0.4 is 10.6 Å². The van der Waals surface area contributed by atoms with Crippen molar-refractivity contribution in [2.75, 3.05) is 13.1 Å². The summed E-state index contributed by atoms with van der Waals surface area (Å²) in [6.45, 7) is 2.17. The van der Waals surface area contributed by atoms with E-state index in [0.717, 1.165) is 18.8 Å². The fourth-order valence-electron chi connectivity index (χ4n) is 2.67. The van der Waals surface area contributed by atoms with E-state index < -0.39 is 0 Å². The predicted octanol–water partition coefficient (Wildman–Crippen LogP) is 2.71. The Morgan fingerprint density at radius 1 is 1.16 bits per heavy atom. The van der Waals surface area contributed by atoms with Gasteiger partial charge >= 0.3 is 0 Å². The van der Waals surface area contributed by atoms with Gasteiger partial charge in [0.2, 0.25) is 0 Å². The molecule has 1 aliphatic rings. The second kappa shape index (κ2) is 6.04. The van der Waals surface area contributed by atoms with Gasteiger partial charge in [-0.2, -0.15) is 0 Å². The summed E-state index contributed by atoms with van der Waals surface area (Å²) in [5.74, 6) is 0.983. The van der Waals surface area contributed by atoms with E-state index in [9.17, 15) is 0 Å². The molecule has 0 bridgehead atoms. The van der Waals surface area contributed by atoms with Crippen LogP contribution in [0.3, 0.4) is 0 Å². The average Bonchev–Trinajstić information content (AvgIpc) is 3.01. The summed E-state index contributed by atoms with van der Waals surface area (Å²) < 4.78 is 5.61. The largest absolute Gasteiger partial charge is 0.467 e. The highest BCUT2D eigenvalue weighted by Crippen LogP contribution is 2.23. The molecular formula is C16H20N2O. The Balaban J connectivity index is 1.80. The highest BCUT2D eigenvalue weighted by Gasteiger charge is 2.21. The van der Waals surface area contributed by atoms with E-state index in [1.165, 1.54) is 18.4 Å². The van der Waals surface area contributed by atoms with Crippen LogP contribution >= 0.6 is 0 Å². The maximum Gasteiger partial charge on any atom is 0.125 e. The summed E-state index contributed by atoms with van der Waals surface area (Å²) in [6.07, 6.45) is 4.19. The molecule has 1 aromatic carbocycles. The molecule has 2 heterocycles. The Morgan fingerprint density at radius 3 is 2.74 bits per heavy atom. The molecule has 0 radical (unpaired) electrons. The first-order valence-corrected chi connectivity index (χ1v) is 6.98. The summed E-state index contributed by atoms with van der Waals surface area (Å²) >= 11 is 0. The van der Waals surface area contributed by atoms with Crippen LogP contribution in [-0.2, 0) is 0 Å². The lowest BCUT2D eigenvalue weighted by atomic mass is 10.0. The third-order valence-corrected chi connectivity index (χ3v) is 3.66. The highest BCUT2D eigenvalue weighted by molar-refractivity contribution is 5.26. The smallest absolute Gasteiger partial charge is 0.125 e. The first-order valence-electron chi connectivity index (χ1n) is 6.98. The molecule has 0 amide bonds. The van der Waals surface area contributed by atoms with Crippen molar-refractivity contribution in [2.24, 2.45) is 0 Å². The molecule has 2 aromatic rings. The molecule has 2 unspecified atom stereocenters. The van der Waals surface area contributed by atoms with Gasteiger partial charge < -0.3 is 9.73 Å². The maximum absolute atomic E-state index is 5.61. The van der Waals surface area contributed by atoms with E-state index in [2.05, 4.69) is 34.9 Å². The van der Waals surface area contributed by atoms with Gasteiger partial charge in [-0.05, 0) is 37.1 Å². The van der Waals surface area contributed by atoms with Gasteiger partial charge in [-0.25, -0.2) is 0 Å². The Morgan fingerprint density at radius 2 is 2.05 bits per heavy atom. The molecule has 0 aliphatic carbocycles. The van der Waals surface area contributed by atoms with E-state index in [4.69, 9.17) is 4.42 Å². The molecule has 0 saturated carbocycles. The van der Waals surface area contributed by atoms with Gasteiger partial charge in [0.25, 0.3) is 0 Å². The zero-order chi connectivity index (χ0) is 12.9. The lowest BCUT2D eigenvalue weighted by Crippen LogP contribution is -2.44. The predicted molar refractivity (Wildman–Crippen MR) is 76.0 cm³/mol. The van der Waals surface area contributed by atoms with Crippen molar-refractivity contribution in [1.29, 1.82) is 0 Å². The summed E-state index contributed by atoms with van der Waals surface area (Å²) in [6, 6.07) is 15.1. The van der Waals surface area contributed by atoms with Crippen LogP contribution in [-0.4, -0.2) is 19.1 Å². The van der Waals surface area contributed by atoms with Crippen molar-refractivity contribution >= 4 is 0 Å². The van der Waals surface area contributed by atoms with E-state index >= 15 is 0 Å². The minimum Gasteiger partial charge on any atom is -0.467 e. The van der Waals surface area contributed by atoms with Crippen LogP contribution in [0.5, 0.6) is 0 Å². The Kier molecular flexibility index (Phi) is 3.96. The summed E-state index contributed by atoms with van der Waals surface area (Å²) in [5.41, 5.74) is 1.25. The van der Waals surface area contributed by atoms with Gasteiger partial charge in [-0.3, -0.25) is 5.32 Å². The summed E-state index contributed by atoms with van der Waals surface area (Å²) in [7, 11) is 0. The minimum absolute atomic E-state index is 0.140. The molecule has 3 nitrogen and oxygen atoms in total. The molecule has 1 fully saturated rings.